The van der Waals surface area contributed by atoms with Crippen LogP contribution in [0.4, 0.5) is 5.95 Å². The lowest BCUT2D eigenvalue weighted by molar-refractivity contribution is 0.256. The summed E-state index contributed by atoms with van der Waals surface area (Å²) in [6.45, 7) is 4.48. The van der Waals surface area contributed by atoms with Gasteiger partial charge in [-0.05, 0) is 50.5 Å². The lowest BCUT2D eigenvalue weighted by atomic mass is 9.84. The first-order valence-electron chi connectivity index (χ1n) is 8.63. The molecule has 1 N–H and O–H groups in total. The molecule has 0 amide bonds. The van der Waals surface area contributed by atoms with Gasteiger partial charge in [-0.15, -0.1) is 0 Å². The van der Waals surface area contributed by atoms with Crippen molar-refractivity contribution in [1.29, 1.82) is 0 Å². The van der Waals surface area contributed by atoms with E-state index in [4.69, 9.17) is 0 Å². The van der Waals surface area contributed by atoms with Crippen LogP contribution in [0.25, 0.3) is 0 Å². The maximum atomic E-state index is 4.36. The summed E-state index contributed by atoms with van der Waals surface area (Å²) in [6.07, 6.45) is 13.1. The molecule has 0 unspecified atom stereocenters. The molecule has 1 aromatic rings. The molecule has 0 radical (unpaired) electrons. The number of nitrogens with one attached hydrogen (secondary N) is 1. The Kier molecular flexibility index (Phi) is 5.07. The molecule has 0 aromatic carbocycles. The van der Waals surface area contributed by atoms with E-state index < -0.39 is 0 Å². The van der Waals surface area contributed by atoms with Crippen LogP contribution >= 0.6 is 0 Å². The first-order chi connectivity index (χ1) is 10.3. The zero-order valence-corrected chi connectivity index (χ0v) is 13.2. The van der Waals surface area contributed by atoms with Crippen molar-refractivity contribution in [3.05, 3.63) is 18.5 Å². The molecule has 1 aromatic heterocycles. The van der Waals surface area contributed by atoms with Crippen molar-refractivity contribution in [3.8, 4) is 0 Å². The zero-order valence-electron chi connectivity index (χ0n) is 13.2. The molecule has 1 aliphatic heterocycles. The zero-order chi connectivity index (χ0) is 14.5. The van der Waals surface area contributed by atoms with Crippen LogP contribution in [0, 0.1) is 5.92 Å². The minimum absolute atomic E-state index is 0.688. The highest BCUT2D eigenvalue weighted by Gasteiger charge is 2.25. The van der Waals surface area contributed by atoms with Gasteiger partial charge in [-0.25, -0.2) is 9.97 Å². The second kappa shape index (κ2) is 7.21. The van der Waals surface area contributed by atoms with Gasteiger partial charge in [0.1, 0.15) is 0 Å². The van der Waals surface area contributed by atoms with E-state index in [0.29, 0.717) is 6.04 Å². The maximum absolute atomic E-state index is 4.36. The molecule has 1 aliphatic carbocycles. The number of aromatic nitrogens is 2. The number of anilines is 1. The van der Waals surface area contributed by atoms with Crippen LogP contribution in [-0.4, -0.2) is 35.1 Å². The molecular weight excluding hydrogens is 260 g/mol. The van der Waals surface area contributed by atoms with Crippen molar-refractivity contribution in [2.24, 2.45) is 5.92 Å². The van der Waals surface area contributed by atoms with Crippen molar-refractivity contribution in [2.75, 3.05) is 18.0 Å². The highest BCUT2D eigenvalue weighted by molar-refractivity contribution is 5.29. The van der Waals surface area contributed by atoms with Crippen LogP contribution in [0.3, 0.4) is 0 Å². The molecule has 2 fully saturated rings. The molecule has 0 spiro atoms. The maximum Gasteiger partial charge on any atom is 0.225 e. The van der Waals surface area contributed by atoms with E-state index in [-0.39, 0.29) is 0 Å². The van der Waals surface area contributed by atoms with Crippen LogP contribution in [0.15, 0.2) is 18.5 Å². The topological polar surface area (TPSA) is 41.0 Å². The molecule has 1 saturated heterocycles. The van der Waals surface area contributed by atoms with Gasteiger partial charge in [-0.1, -0.05) is 13.3 Å². The number of rotatable bonds is 4. The van der Waals surface area contributed by atoms with E-state index in [1.54, 1.807) is 0 Å². The second-order valence-electron chi connectivity index (χ2n) is 6.60. The fraction of sp³-hybridized carbons (Fsp3) is 0.765. The molecule has 4 heteroatoms. The van der Waals surface area contributed by atoms with E-state index in [2.05, 4.69) is 27.1 Å². The molecule has 2 aliphatic rings. The fourth-order valence-corrected chi connectivity index (χ4v) is 3.77. The van der Waals surface area contributed by atoms with Gasteiger partial charge in [-0.3, -0.25) is 0 Å². The average molecular weight is 288 g/mol. The predicted octanol–water partition coefficient (Wildman–Crippen LogP) is 3.00. The molecule has 116 valence electrons. The van der Waals surface area contributed by atoms with Crippen LogP contribution in [0.2, 0.25) is 0 Å². The lowest BCUT2D eigenvalue weighted by Gasteiger charge is -2.36. The monoisotopic (exact) mass is 288 g/mol. The third-order valence-electron chi connectivity index (χ3n) is 5.23. The Morgan fingerprint density at radius 1 is 1.00 bits per heavy atom. The van der Waals surface area contributed by atoms with Crippen molar-refractivity contribution >= 4 is 5.95 Å². The summed E-state index contributed by atoms with van der Waals surface area (Å²) in [5.74, 6) is 1.87. The Morgan fingerprint density at radius 3 is 2.24 bits per heavy atom. The largest absolute Gasteiger partial charge is 0.341 e. The summed E-state index contributed by atoms with van der Waals surface area (Å²) < 4.78 is 0. The molecule has 4 nitrogen and oxygen atoms in total. The highest BCUT2D eigenvalue weighted by atomic mass is 15.3. The Balaban J connectivity index is 1.42. The van der Waals surface area contributed by atoms with Crippen molar-refractivity contribution in [3.63, 3.8) is 0 Å². The fourth-order valence-electron chi connectivity index (χ4n) is 3.77. The minimum atomic E-state index is 0.688. The lowest BCUT2D eigenvalue weighted by Crippen LogP contribution is -2.47. The van der Waals surface area contributed by atoms with E-state index in [1.807, 2.05) is 18.5 Å². The Labute approximate surface area is 128 Å². The average Bonchev–Trinajstić information content (AvgIpc) is 2.57. The Bertz CT molecular complexity index is 406. The van der Waals surface area contributed by atoms with Gasteiger partial charge in [-0.2, -0.15) is 0 Å². The normalized spacial score (nSPS) is 27.8. The van der Waals surface area contributed by atoms with Crippen LogP contribution < -0.4 is 10.2 Å². The summed E-state index contributed by atoms with van der Waals surface area (Å²) in [6, 6.07) is 3.33. The molecule has 1 saturated carbocycles. The predicted molar refractivity (Wildman–Crippen MR) is 86.4 cm³/mol. The number of piperidine rings is 1. The number of hydrogen-bond donors (Lipinski definition) is 1. The van der Waals surface area contributed by atoms with Gasteiger partial charge in [0.05, 0.1) is 0 Å². The number of nitrogens with zero attached hydrogens (tertiary/aromatic N) is 3. The van der Waals surface area contributed by atoms with Gasteiger partial charge in [0.2, 0.25) is 5.95 Å². The van der Waals surface area contributed by atoms with Crippen molar-refractivity contribution in [2.45, 2.75) is 64.0 Å². The Morgan fingerprint density at radius 2 is 1.62 bits per heavy atom. The quantitative estimate of drug-likeness (QED) is 0.924. The summed E-state index contributed by atoms with van der Waals surface area (Å²) in [5, 5.41) is 3.91. The first-order valence-corrected chi connectivity index (χ1v) is 8.63. The van der Waals surface area contributed by atoms with Gasteiger partial charge >= 0.3 is 0 Å². The molecular formula is C17H28N4. The summed E-state index contributed by atoms with van der Waals surface area (Å²) >= 11 is 0. The smallest absolute Gasteiger partial charge is 0.225 e. The third kappa shape index (κ3) is 3.94. The molecule has 21 heavy (non-hydrogen) atoms. The molecule has 2 heterocycles. The van der Waals surface area contributed by atoms with Gasteiger partial charge < -0.3 is 10.2 Å². The summed E-state index contributed by atoms with van der Waals surface area (Å²) in [4.78, 5) is 11.0. The Hall–Kier alpha value is -1.16. The van der Waals surface area contributed by atoms with Crippen molar-refractivity contribution in [1.82, 2.24) is 15.3 Å². The summed E-state index contributed by atoms with van der Waals surface area (Å²) in [7, 11) is 0. The van der Waals surface area contributed by atoms with E-state index >= 15 is 0 Å². The van der Waals surface area contributed by atoms with E-state index in [0.717, 1.165) is 31.0 Å². The molecule has 0 atom stereocenters. The van der Waals surface area contributed by atoms with Gasteiger partial charge in [0.25, 0.3) is 0 Å². The second-order valence-corrected chi connectivity index (χ2v) is 6.60. The molecule has 0 bridgehead atoms. The van der Waals surface area contributed by atoms with Crippen LogP contribution in [-0.2, 0) is 0 Å². The first kappa shape index (κ1) is 14.8. The summed E-state index contributed by atoms with van der Waals surface area (Å²) in [5.41, 5.74) is 0. The standard InChI is InChI=1S/C17H28N4/c1-2-14-4-6-15(7-5-14)20-16-8-12-21(13-9-16)17-18-10-3-11-19-17/h3,10-11,14-16,20H,2,4-9,12-13H2,1H3. The van der Waals surface area contributed by atoms with Gasteiger partial charge in [0.15, 0.2) is 0 Å². The van der Waals surface area contributed by atoms with Gasteiger partial charge in [0, 0.05) is 37.6 Å². The minimum Gasteiger partial charge on any atom is -0.341 e. The van der Waals surface area contributed by atoms with Crippen LogP contribution in [0.5, 0.6) is 0 Å². The molecule has 3 rings (SSSR count). The number of hydrogen-bond acceptors (Lipinski definition) is 4. The highest BCUT2D eigenvalue weighted by Crippen LogP contribution is 2.27. The van der Waals surface area contributed by atoms with Crippen molar-refractivity contribution < 1.29 is 0 Å². The van der Waals surface area contributed by atoms with E-state index in [9.17, 15) is 0 Å². The van der Waals surface area contributed by atoms with Crippen LogP contribution in [0.1, 0.15) is 51.9 Å². The SMILES string of the molecule is CCC1CCC(NC2CCN(c3ncccn3)CC2)CC1. The van der Waals surface area contributed by atoms with E-state index in [1.165, 1.54) is 44.9 Å². The third-order valence-corrected chi connectivity index (χ3v) is 5.23.